The van der Waals surface area contributed by atoms with Crippen molar-refractivity contribution in [2.75, 3.05) is 14.2 Å². The van der Waals surface area contributed by atoms with Gasteiger partial charge in [0.2, 0.25) is 0 Å². The first-order valence-corrected chi connectivity index (χ1v) is 11.8. The second-order valence-corrected chi connectivity index (χ2v) is 9.18. The van der Waals surface area contributed by atoms with Crippen LogP contribution in [0.3, 0.4) is 0 Å². The first kappa shape index (κ1) is 21.4. The number of rotatable bonds is 7. The molecule has 0 N–H and O–H groups in total. The van der Waals surface area contributed by atoms with Crippen LogP contribution in [0.15, 0.2) is 54.2 Å². The van der Waals surface area contributed by atoms with E-state index in [9.17, 15) is 4.79 Å². The van der Waals surface area contributed by atoms with E-state index in [1.54, 1.807) is 25.9 Å². The van der Waals surface area contributed by atoms with Gasteiger partial charge >= 0.3 is 0 Å². The minimum Gasteiger partial charge on any atom is -0.493 e. The Kier molecular flexibility index (Phi) is 5.72. The summed E-state index contributed by atoms with van der Waals surface area (Å²) < 4.78 is 11.0. The zero-order chi connectivity index (χ0) is 22.9. The highest BCUT2D eigenvalue weighted by atomic mass is 32.1. The lowest BCUT2D eigenvalue weighted by Crippen LogP contribution is -2.32. The predicted octanol–water partition coefficient (Wildman–Crippen LogP) is 5.49. The number of benzene rings is 2. The van der Waals surface area contributed by atoms with Crippen molar-refractivity contribution in [1.82, 2.24) is 14.9 Å². The van der Waals surface area contributed by atoms with Gasteiger partial charge < -0.3 is 14.4 Å². The minimum absolute atomic E-state index is 0.0299. The maximum Gasteiger partial charge on any atom is 0.266 e. The van der Waals surface area contributed by atoms with Crippen LogP contribution in [0.1, 0.15) is 33.6 Å². The molecule has 0 spiro atoms. The van der Waals surface area contributed by atoms with E-state index in [-0.39, 0.29) is 11.9 Å². The third-order valence-electron chi connectivity index (χ3n) is 5.94. The van der Waals surface area contributed by atoms with Gasteiger partial charge in [0.1, 0.15) is 4.88 Å². The predicted molar refractivity (Wildman–Crippen MR) is 130 cm³/mol. The number of ether oxygens (including phenoxy) is 2. The molecule has 168 valence electrons. The van der Waals surface area contributed by atoms with Gasteiger partial charge in [0.05, 0.1) is 37.1 Å². The zero-order valence-electron chi connectivity index (χ0n) is 18.9. The Balaban J connectivity index is 1.62. The average molecular weight is 460 g/mol. The number of aryl methyl sites for hydroxylation is 1. The van der Waals surface area contributed by atoms with Gasteiger partial charge in [0.25, 0.3) is 5.91 Å². The van der Waals surface area contributed by atoms with Crippen LogP contribution in [0.2, 0.25) is 0 Å². The lowest BCUT2D eigenvalue weighted by Gasteiger charge is -2.23. The molecule has 2 aromatic heterocycles. The molecule has 6 nitrogen and oxygen atoms in total. The third kappa shape index (κ3) is 4.28. The molecule has 1 amide bonds. The topological polar surface area (TPSA) is 64.5 Å². The molecule has 0 radical (unpaired) electrons. The standard InChI is InChI=1S/C26H25N3O3S/c1-16-4-5-17-11-19(14-29(20-7-8-20)26(30)24-13-27-15-33-24)25(28-21(17)10-16)18-6-9-22(31-2)23(12-18)32-3/h4-6,9-13,15,20H,7-8,14H2,1-3H3. The Morgan fingerprint density at radius 3 is 2.61 bits per heavy atom. The molecule has 7 heteroatoms. The minimum atomic E-state index is 0.0299. The second-order valence-electron chi connectivity index (χ2n) is 8.29. The van der Waals surface area contributed by atoms with E-state index in [4.69, 9.17) is 14.5 Å². The largest absolute Gasteiger partial charge is 0.493 e. The van der Waals surface area contributed by atoms with Gasteiger partial charge in [-0.2, -0.15) is 0 Å². The third-order valence-corrected chi connectivity index (χ3v) is 6.70. The Labute approximate surface area is 196 Å². The van der Waals surface area contributed by atoms with Gasteiger partial charge in [0.15, 0.2) is 11.5 Å². The molecule has 0 unspecified atom stereocenters. The SMILES string of the molecule is COc1ccc(-c2nc3cc(C)ccc3cc2CN(C(=O)c2cncs2)C2CC2)cc1OC. The van der Waals surface area contributed by atoms with Gasteiger partial charge in [0, 0.05) is 23.5 Å². The number of hydrogen-bond donors (Lipinski definition) is 0. The summed E-state index contributed by atoms with van der Waals surface area (Å²) in [6, 6.07) is 14.5. The molecule has 0 bridgehead atoms. The summed E-state index contributed by atoms with van der Waals surface area (Å²) in [6.45, 7) is 2.55. The highest BCUT2D eigenvalue weighted by Crippen LogP contribution is 2.36. The number of thiazole rings is 1. The van der Waals surface area contributed by atoms with Crippen LogP contribution < -0.4 is 9.47 Å². The number of carbonyl (C=O) groups is 1. The lowest BCUT2D eigenvalue weighted by atomic mass is 10.0. The number of nitrogens with zero attached hydrogens (tertiary/aromatic N) is 3. The number of methoxy groups -OCH3 is 2. The van der Waals surface area contributed by atoms with Crippen LogP contribution in [-0.4, -0.2) is 41.0 Å². The van der Waals surface area contributed by atoms with Crippen molar-refractivity contribution in [3.05, 3.63) is 70.2 Å². The van der Waals surface area contributed by atoms with E-state index in [2.05, 4.69) is 36.2 Å². The summed E-state index contributed by atoms with van der Waals surface area (Å²) in [5, 5.41) is 1.06. The molecule has 1 aliphatic rings. The van der Waals surface area contributed by atoms with Crippen LogP contribution in [-0.2, 0) is 6.54 Å². The summed E-state index contributed by atoms with van der Waals surface area (Å²) in [7, 11) is 3.25. The van der Waals surface area contributed by atoms with Crippen molar-refractivity contribution in [2.45, 2.75) is 32.4 Å². The molecule has 0 aliphatic heterocycles. The molecule has 1 saturated carbocycles. The molecule has 1 aliphatic carbocycles. The van der Waals surface area contributed by atoms with E-state index in [0.29, 0.717) is 22.9 Å². The molecule has 4 aromatic rings. The van der Waals surface area contributed by atoms with E-state index < -0.39 is 0 Å². The smallest absolute Gasteiger partial charge is 0.266 e. The Hall–Kier alpha value is -3.45. The Morgan fingerprint density at radius 2 is 1.91 bits per heavy atom. The summed E-state index contributed by atoms with van der Waals surface area (Å²) in [5.41, 5.74) is 6.55. The molecular formula is C26H25N3O3S. The average Bonchev–Trinajstić information content (AvgIpc) is 3.53. The van der Waals surface area contributed by atoms with Crippen molar-refractivity contribution in [1.29, 1.82) is 0 Å². The van der Waals surface area contributed by atoms with Gasteiger partial charge in [-0.1, -0.05) is 12.1 Å². The lowest BCUT2D eigenvalue weighted by molar-refractivity contribution is 0.0735. The van der Waals surface area contributed by atoms with Gasteiger partial charge in [-0.3, -0.25) is 9.78 Å². The van der Waals surface area contributed by atoms with E-state index >= 15 is 0 Å². The van der Waals surface area contributed by atoms with Gasteiger partial charge in [-0.15, -0.1) is 11.3 Å². The molecule has 2 aromatic carbocycles. The molecule has 1 fully saturated rings. The quantitative estimate of drug-likeness (QED) is 0.366. The number of amides is 1. The summed E-state index contributed by atoms with van der Waals surface area (Å²) in [6.07, 6.45) is 3.70. The van der Waals surface area contributed by atoms with Crippen molar-refractivity contribution in [2.24, 2.45) is 0 Å². The Bertz CT molecular complexity index is 1320. The normalized spacial score (nSPS) is 13.2. The maximum atomic E-state index is 13.3. The van der Waals surface area contributed by atoms with Crippen LogP contribution in [0.5, 0.6) is 11.5 Å². The fourth-order valence-corrected chi connectivity index (χ4v) is 4.65. The number of hydrogen-bond acceptors (Lipinski definition) is 6. The van der Waals surface area contributed by atoms with Crippen molar-refractivity contribution in [3.8, 4) is 22.8 Å². The maximum absolute atomic E-state index is 13.3. The van der Waals surface area contributed by atoms with E-state index in [1.807, 2.05) is 23.1 Å². The molecule has 33 heavy (non-hydrogen) atoms. The highest BCUT2D eigenvalue weighted by molar-refractivity contribution is 7.11. The van der Waals surface area contributed by atoms with Crippen LogP contribution >= 0.6 is 11.3 Å². The summed E-state index contributed by atoms with van der Waals surface area (Å²) in [4.78, 5) is 25.0. The van der Waals surface area contributed by atoms with Gasteiger partial charge in [-0.25, -0.2) is 4.98 Å². The van der Waals surface area contributed by atoms with Crippen molar-refractivity contribution in [3.63, 3.8) is 0 Å². The molecule has 0 saturated heterocycles. The Morgan fingerprint density at radius 1 is 1.09 bits per heavy atom. The van der Waals surface area contributed by atoms with Crippen molar-refractivity contribution >= 4 is 28.1 Å². The number of pyridine rings is 1. The van der Waals surface area contributed by atoms with Crippen molar-refractivity contribution < 1.29 is 14.3 Å². The fraction of sp³-hybridized carbons (Fsp3) is 0.269. The monoisotopic (exact) mass is 459 g/mol. The number of aromatic nitrogens is 2. The van der Waals surface area contributed by atoms with Gasteiger partial charge in [-0.05, 0) is 61.2 Å². The highest BCUT2D eigenvalue weighted by Gasteiger charge is 2.34. The van der Waals surface area contributed by atoms with E-state index in [0.717, 1.165) is 46.1 Å². The van der Waals surface area contributed by atoms with Crippen LogP contribution in [0.25, 0.3) is 22.2 Å². The fourth-order valence-electron chi connectivity index (χ4n) is 4.07. The van der Waals surface area contributed by atoms with E-state index in [1.165, 1.54) is 11.3 Å². The second kappa shape index (κ2) is 8.83. The first-order valence-electron chi connectivity index (χ1n) is 10.9. The van der Waals surface area contributed by atoms with Crippen LogP contribution in [0, 0.1) is 6.92 Å². The molecule has 5 rings (SSSR count). The number of fused-ring (bicyclic) bond motifs is 1. The zero-order valence-corrected chi connectivity index (χ0v) is 19.7. The number of carbonyl (C=O) groups excluding carboxylic acids is 1. The molecule has 2 heterocycles. The first-order chi connectivity index (χ1) is 16.1. The summed E-state index contributed by atoms with van der Waals surface area (Å²) >= 11 is 1.38. The molecule has 0 atom stereocenters. The molecular weight excluding hydrogens is 434 g/mol. The summed E-state index contributed by atoms with van der Waals surface area (Å²) in [5.74, 6) is 1.34. The van der Waals surface area contributed by atoms with Crippen LogP contribution in [0.4, 0.5) is 0 Å².